The summed E-state index contributed by atoms with van der Waals surface area (Å²) in [6.45, 7) is 2.12. The van der Waals surface area contributed by atoms with Crippen molar-refractivity contribution in [1.29, 1.82) is 0 Å². The number of nitrogens with zero attached hydrogens (tertiary/aromatic N) is 3. The number of anilines is 1. The van der Waals surface area contributed by atoms with E-state index in [0.29, 0.717) is 23.2 Å². The fraction of sp³-hybridized carbons (Fsp3) is 0.167. The van der Waals surface area contributed by atoms with Crippen LogP contribution in [0.3, 0.4) is 0 Å². The van der Waals surface area contributed by atoms with Crippen LogP contribution in [-0.4, -0.2) is 32.7 Å². The van der Waals surface area contributed by atoms with Crippen molar-refractivity contribution in [1.82, 2.24) is 15.0 Å². The molecule has 0 saturated carbocycles. The number of halogens is 1. The second-order valence-corrected chi connectivity index (χ2v) is 5.88. The first-order chi connectivity index (χ1) is 11.6. The van der Waals surface area contributed by atoms with E-state index in [9.17, 15) is 5.11 Å². The number of hydrogen-bond donors (Lipinski definition) is 2. The van der Waals surface area contributed by atoms with Crippen LogP contribution in [0.25, 0.3) is 22.6 Å². The molecule has 0 saturated heterocycles. The fourth-order valence-corrected chi connectivity index (χ4v) is 2.31. The molecule has 122 valence electrons. The number of benzene rings is 1. The van der Waals surface area contributed by atoms with E-state index in [-0.39, 0.29) is 0 Å². The first-order valence-electron chi connectivity index (χ1n) is 7.59. The number of pyridine rings is 1. The molecule has 0 fully saturated rings. The average Bonchev–Trinajstić information content (AvgIpc) is 2.61. The van der Waals surface area contributed by atoms with Crippen LogP contribution in [-0.2, 0) is 0 Å². The molecule has 5 nitrogen and oxygen atoms in total. The van der Waals surface area contributed by atoms with E-state index < -0.39 is 6.10 Å². The van der Waals surface area contributed by atoms with E-state index in [1.807, 2.05) is 42.5 Å². The van der Waals surface area contributed by atoms with Gasteiger partial charge in [0.1, 0.15) is 5.82 Å². The lowest BCUT2D eigenvalue weighted by Crippen LogP contribution is -2.16. The number of nitrogens with one attached hydrogen (secondary N) is 1. The van der Waals surface area contributed by atoms with Gasteiger partial charge in [0.25, 0.3) is 0 Å². The minimum absolute atomic E-state index is 0.406. The molecule has 0 radical (unpaired) electrons. The number of hydrogen-bond acceptors (Lipinski definition) is 5. The monoisotopic (exact) mass is 340 g/mol. The smallest absolute Gasteiger partial charge is 0.163 e. The molecule has 1 atom stereocenters. The Morgan fingerprint density at radius 1 is 1.12 bits per heavy atom. The molecule has 0 bridgehead atoms. The van der Waals surface area contributed by atoms with Gasteiger partial charge in [-0.25, -0.2) is 9.97 Å². The molecule has 24 heavy (non-hydrogen) atoms. The zero-order valence-corrected chi connectivity index (χ0v) is 13.9. The second kappa shape index (κ2) is 7.38. The zero-order chi connectivity index (χ0) is 16.9. The highest BCUT2D eigenvalue weighted by Gasteiger charge is 2.09. The molecule has 6 heteroatoms. The van der Waals surface area contributed by atoms with Crippen molar-refractivity contribution in [2.75, 3.05) is 11.9 Å². The molecule has 0 spiro atoms. The molecule has 1 aromatic carbocycles. The van der Waals surface area contributed by atoms with Gasteiger partial charge in [-0.3, -0.25) is 4.98 Å². The first kappa shape index (κ1) is 16.4. The molecule has 3 rings (SSSR count). The molecule has 0 aliphatic carbocycles. The third-order valence-electron chi connectivity index (χ3n) is 3.36. The van der Waals surface area contributed by atoms with E-state index in [2.05, 4.69) is 20.3 Å². The van der Waals surface area contributed by atoms with Crippen LogP contribution in [0, 0.1) is 0 Å². The predicted molar refractivity (Wildman–Crippen MR) is 95.9 cm³/mol. The molecular formula is C18H17ClN4O. The lowest BCUT2D eigenvalue weighted by molar-refractivity contribution is 0.208. The fourth-order valence-electron chi connectivity index (χ4n) is 2.18. The maximum atomic E-state index is 9.49. The first-order valence-corrected chi connectivity index (χ1v) is 7.97. The van der Waals surface area contributed by atoms with Crippen molar-refractivity contribution >= 4 is 17.4 Å². The summed E-state index contributed by atoms with van der Waals surface area (Å²) in [4.78, 5) is 13.3. The summed E-state index contributed by atoms with van der Waals surface area (Å²) in [5, 5.41) is 13.3. The van der Waals surface area contributed by atoms with Crippen LogP contribution >= 0.6 is 11.6 Å². The minimum atomic E-state index is -0.471. The quantitative estimate of drug-likeness (QED) is 0.741. The Hall–Kier alpha value is -2.50. The van der Waals surface area contributed by atoms with Crippen molar-refractivity contribution in [2.24, 2.45) is 0 Å². The van der Waals surface area contributed by atoms with Crippen LogP contribution < -0.4 is 5.32 Å². The Morgan fingerprint density at radius 3 is 2.58 bits per heavy atom. The molecule has 3 aromatic rings. The van der Waals surface area contributed by atoms with E-state index in [1.165, 1.54) is 0 Å². The van der Waals surface area contributed by atoms with Gasteiger partial charge >= 0.3 is 0 Å². The summed E-state index contributed by atoms with van der Waals surface area (Å²) in [7, 11) is 0. The number of aliphatic hydroxyl groups excluding tert-OH is 1. The van der Waals surface area contributed by atoms with Crippen molar-refractivity contribution in [3.63, 3.8) is 0 Å². The maximum Gasteiger partial charge on any atom is 0.163 e. The molecular weight excluding hydrogens is 324 g/mol. The zero-order valence-electron chi connectivity index (χ0n) is 13.1. The van der Waals surface area contributed by atoms with Gasteiger partial charge in [-0.05, 0) is 31.2 Å². The van der Waals surface area contributed by atoms with Gasteiger partial charge < -0.3 is 10.4 Å². The van der Waals surface area contributed by atoms with Gasteiger partial charge in [-0.1, -0.05) is 23.7 Å². The standard InChI is InChI=1S/C18H17ClN4O/c1-12(24)10-21-17-9-16(13-4-6-15(19)7-5-13)22-18(23-17)14-3-2-8-20-11-14/h2-9,11-12,24H,10H2,1H3,(H,21,22,23). The number of aromatic nitrogens is 3. The summed E-state index contributed by atoms with van der Waals surface area (Å²) in [5.41, 5.74) is 2.54. The van der Waals surface area contributed by atoms with Gasteiger partial charge in [-0.2, -0.15) is 0 Å². The lowest BCUT2D eigenvalue weighted by atomic mass is 10.1. The topological polar surface area (TPSA) is 70.9 Å². The summed E-state index contributed by atoms with van der Waals surface area (Å²) in [6.07, 6.45) is 2.96. The van der Waals surface area contributed by atoms with Crippen LogP contribution in [0.1, 0.15) is 6.92 Å². The van der Waals surface area contributed by atoms with Crippen molar-refractivity contribution in [2.45, 2.75) is 13.0 Å². The highest BCUT2D eigenvalue weighted by atomic mass is 35.5. The van der Waals surface area contributed by atoms with Crippen molar-refractivity contribution in [3.8, 4) is 22.6 Å². The predicted octanol–water partition coefficient (Wildman–Crippen LogP) is 3.65. The van der Waals surface area contributed by atoms with Gasteiger partial charge in [0.05, 0.1) is 11.8 Å². The molecule has 2 heterocycles. The van der Waals surface area contributed by atoms with Crippen LogP contribution in [0.4, 0.5) is 5.82 Å². The Labute approximate surface area is 145 Å². The summed E-state index contributed by atoms with van der Waals surface area (Å²) >= 11 is 5.96. The Kier molecular flexibility index (Phi) is 5.03. The third-order valence-corrected chi connectivity index (χ3v) is 3.62. The van der Waals surface area contributed by atoms with Crippen molar-refractivity contribution in [3.05, 3.63) is 59.9 Å². The maximum absolute atomic E-state index is 9.49. The van der Waals surface area contributed by atoms with Crippen LogP contribution in [0.15, 0.2) is 54.9 Å². The SMILES string of the molecule is CC(O)CNc1cc(-c2ccc(Cl)cc2)nc(-c2cccnc2)n1. The van der Waals surface area contributed by atoms with E-state index in [4.69, 9.17) is 11.6 Å². The van der Waals surface area contributed by atoms with E-state index in [0.717, 1.165) is 16.8 Å². The minimum Gasteiger partial charge on any atom is -0.392 e. The van der Waals surface area contributed by atoms with Gasteiger partial charge in [0.15, 0.2) is 5.82 Å². The van der Waals surface area contributed by atoms with Crippen molar-refractivity contribution < 1.29 is 5.11 Å². The Morgan fingerprint density at radius 2 is 1.92 bits per heavy atom. The molecule has 0 aliphatic heterocycles. The second-order valence-electron chi connectivity index (χ2n) is 5.44. The van der Waals surface area contributed by atoms with Crippen LogP contribution in [0.5, 0.6) is 0 Å². The summed E-state index contributed by atoms with van der Waals surface area (Å²) in [6, 6.07) is 13.1. The summed E-state index contributed by atoms with van der Waals surface area (Å²) in [5.74, 6) is 1.22. The van der Waals surface area contributed by atoms with E-state index >= 15 is 0 Å². The molecule has 0 aliphatic rings. The van der Waals surface area contributed by atoms with E-state index in [1.54, 1.807) is 19.3 Å². The number of aliphatic hydroxyl groups is 1. The molecule has 0 amide bonds. The number of rotatable bonds is 5. The highest BCUT2D eigenvalue weighted by molar-refractivity contribution is 6.30. The van der Waals surface area contributed by atoms with Gasteiger partial charge in [0.2, 0.25) is 0 Å². The highest BCUT2D eigenvalue weighted by Crippen LogP contribution is 2.25. The van der Waals surface area contributed by atoms with Gasteiger partial charge in [-0.15, -0.1) is 0 Å². The largest absolute Gasteiger partial charge is 0.392 e. The van der Waals surface area contributed by atoms with Crippen LogP contribution in [0.2, 0.25) is 5.02 Å². The third kappa shape index (κ3) is 4.07. The normalized spacial score (nSPS) is 12.0. The molecule has 2 N–H and O–H groups in total. The summed E-state index contributed by atoms with van der Waals surface area (Å²) < 4.78 is 0. The Bertz CT molecular complexity index is 807. The Balaban J connectivity index is 2.04. The lowest BCUT2D eigenvalue weighted by Gasteiger charge is -2.11. The molecule has 2 aromatic heterocycles. The average molecular weight is 341 g/mol. The van der Waals surface area contributed by atoms with Gasteiger partial charge in [0, 0.05) is 41.2 Å². The molecule has 1 unspecified atom stereocenters.